The van der Waals surface area contributed by atoms with Gasteiger partial charge in [0.05, 0.1) is 23.5 Å². The topological polar surface area (TPSA) is 145 Å². The van der Waals surface area contributed by atoms with E-state index >= 15 is 0 Å². The first-order valence-electron chi connectivity index (χ1n) is 22.1. The number of benzene rings is 2. The lowest BCUT2D eigenvalue weighted by atomic mass is 9.88. The third kappa shape index (κ3) is 9.80. The molecule has 2 atom stereocenters. The number of carbonyl (C=O) groups excluding carboxylic acids is 2. The average Bonchev–Trinajstić information content (AvgIpc) is 4.00. The van der Waals surface area contributed by atoms with Crippen LogP contribution in [0, 0.1) is 11.6 Å². The Morgan fingerprint density at radius 1 is 0.667 bits per heavy atom. The maximum absolute atomic E-state index is 14.0. The van der Waals surface area contributed by atoms with Gasteiger partial charge >= 0.3 is 12.4 Å². The van der Waals surface area contributed by atoms with Gasteiger partial charge < -0.3 is 24.6 Å². The van der Waals surface area contributed by atoms with Crippen LogP contribution in [0.4, 0.5) is 58.1 Å². The summed E-state index contributed by atoms with van der Waals surface area (Å²) in [5.41, 5.74) is -0.793. The van der Waals surface area contributed by atoms with E-state index in [-0.39, 0.29) is 63.9 Å². The molecular weight excluding hydrogens is 940 g/mol. The summed E-state index contributed by atoms with van der Waals surface area (Å²) in [7, 11) is 3.46. The van der Waals surface area contributed by atoms with Crippen LogP contribution in [0.1, 0.15) is 76.3 Å². The molecule has 2 amide bonds. The summed E-state index contributed by atoms with van der Waals surface area (Å²) in [6, 6.07) is 4.69. The highest BCUT2D eigenvalue weighted by atomic mass is 35.5. The van der Waals surface area contributed by atoms with E-state index in [9.17, 15) is 44.7 Å². The normalized spacial score (nSPS) is 18.4. The standard InChI is InChI=1S/C23H22F4N6O.C13H17ClN4O.C10H6F4N2/c1-3-17-21(34)31(2)18-12-29-22(30-20(18)33(17)16-5-4-6-16)32-8-7-28-19(32)13-9-14(23(25,26)27)11-15(24)10-13;1-3-9-12(19)17(2)10-7-15-13(14)16-11(10)18(9)8-5-4-6-8;11-8-4-6(9-15-1-2-16-9)3-7(5-8)10(12,13)14/h7-12,16-17H,3-6H2,1-2H3;7-9H,3-6H2,1-2H3;1-5H,(H,15,16)/t17-;9-;/m11./s1. The van der Waals surface area contributed by atoms with Gasteiger partial charge in [-0.05, 0) is 99.4 Å². The van der Waals surface area contributed by atoms with Crippen molar-refractivity contribution in [2.75, 3.05) is 33.7 Å². The van der Waals surface area contributed by atoms with Crippen molar-refractivity contribution in [3.63, 3.8) is 0 Å². The molecule has 0 unspecified atom stereocenters. The predicted octanol–water partition coefficient (Wildman–Crippen LogP) is 10.1. The summed E-state index contributed by atoms with van der Waals surface area (Å²) in [6.07, 6.45) is 7.46. The Labute approximate surface area is 395 Å². The molecule has 2 saturated carbocycles. The predicted molar refractivity (Wildman–Crippen MR) is 241 cm³/mol. The van der Waals surface area contributed by atoms with Gasteiger partial charge in [0.25, 0.3) is 0 Å². The third-order valence-electron chi connectivity index (χ3n) is 12.6. The van der Waals surface area contributed by atoms with Gasteiger partial charge in [-0.3, -0.25) is 14.2 Å². The summed E-state index contributed by atoms with van der Waals surface area (Å²) in [6.45, 7) is 3.99. The summed E-state index contributed by atoms with van der Waals surface area (Å²) in [4.78, 5) is 60.8. The SMILES string of the molecule is CC[C@@H]1C(=O)N(C)c2cnc(-n3ccnc3-c3cc(F)cc(C(F)(F)F)c3)nc2N1C1CCC1.CC[C@@H]1C(=O)N(C)c2cnc(Cl)nc2N1C1CCC1.Fc1cc(-c2ncc[nH]2)cc(C(F)(F)F)c1. The molecule has 4 aromatic heterocycles. The van der Waals surface area contributed by atoms with Crippen molar-refractivity contribution >= 4 is 46.4 Å². The van der Waals surface area contributed by atoms with Crippen LogP contribution in [-0.4, -0.2) is 89.5 Å². The Morgan fingerprint density at radius 2 is 1.17 bits per heavy atom. The Balaban J connectivity index is 0.000000154. The van der Waals surface area contributed by atoms with Gasteiger partial charge in [0.2, 0.25) is 23.0 Å². The second-order valence-corrected chi connectivity index (χ2v) is 17.2. The Kier molecular flexibility index (Phi) is 13.7. The van der Waals surface area contributed by atoms with Crippen molar-refractivity contribution in [1.82, 2.24) is 39.5 Å². The molecule has 2 aliphatic heterocycles. The number of carbonyl (C=O) groups is 2. The molecule has 69 heavy (non-hydrogen) atoms. The van der Waals surface area contributed by atoms with Gasteiger partial charge in [-0.15, -0.1) is 0 Å². The fourth-order valence-electron chi connectivity index (χ4n) is 8.69. The number of amides is 2. The second kappa shape index (κ2) is 19.4. The number of alkyl halides is 6. The number of hydrogen-bond acceptors (Lipinski definition) is 10. The number of aromatic amines is 1. The largest absolute Gasteiger partial charge is 0.416 e. The molecule has 0 saturated heterocycles. The van der Waals surface area contributed by atoms with E-state index in [0.29, 0.717) is 36.1 Å². The number of nitrogens with zero attached hydrogens (tertiary/aromatic N) is 11. The summed E-state index contributed by atoms with van der Waals surface area (Å²) in [5, 5.41) is 0.237. The smallest absolute Gasteiger partial charge is 0.345 e. The number of nitrogens with one attached hydrogen (secondary N) is 1. The number of halogens is 9. The van der Waals surface area contributed by atoms with Crippen molar-refractivity contribution in [1.29, 1.82) is 0 Å². The molecule has 6 aromatic rings. The van der Waals surface area contributed by atoms with Gasteiger partial charge in [0.15, 0.2) is 11.6 Å². The minimum absolute atomic E-state index is 0.0268. The first kappa shape index (κ1) is 48.7. The molecule has 364 valence electrons. The quantitative estimate of drug-likeness (QED) is 0.121. The zero-order chi connectivity index (χ0) is 49.5. The maximum Gasteiger partial charge on any atom is 0.416 e. The lowest BCUT2D eigenvalue weighted by Crippen LogP contribution is -2.57. The van der Waals surface area contributed by atoms with E-state index in [1.54, 1.807) is 30.1 Å². The van der Waals surface area contributed by atoms with Crippen LogP contribution in [0.3, 0.4) is 0 Å². The summed E-state index contributed by atoms with van der Waals surface area (Å²) in [5.74, 6) is -0.0246. The van der Waals surface area contributed by atoms with Crippen LogP contribution in [0.5, 0.6) is 0 Å². The highest BCUT2D eigenvalue weighted by molar-refractivity contribution is 6.28. The Hall–Kier alpha value is -6.71. The molecule has 10 rings (SSSR count). The van der Waals surface area contributed by atoms with Crippen molar-refractivity contribution in [3.05, 3.63) is 102 Å². The first-order valence-corrected chi connectivity index (χ1v) is 22.5. The average molecular weight is 985 g/mol. The second-order valence-electron chi connectivity index (χ2n) is 16.9. The highest BCUT2D eigenvalue weighted by Crippen LogP contribution is 2.43. The number of imidazole rings is 2. The van der Waals surface area contributed by atoms with Crippen molar-refractivity contribution in [2.45, 2.75) is 102 Å². The molecule has 0 spiro atoms. The molecule has 14 nitrogen and oxygen atoms in total. The molecule has 0 bridgehead atoms. The van der Waals surface area contributed by atoms with Crippen LogP contribution in [0.15, 0.2) is 73.6 Å². The monoisotopic (exact) mass is 984 g/mol. The Bertz CT molecular complexity index is 2830. The lowest BCUT2D eigenvalue weighted by molar-refractivity contribution is -0.138. The van der Waals surface area contributed by atoms with Crippen LogP contribution in [-0.2, 0) is 21.9 Å². The van der Waals surface area contributed by atoms with Crippen LogP contribution in [0.2, 0.25) is 5.28 Å². The van der Waals surface area contributed by atoms with Crippen molar-refractivity contribution in [2.24, 2.45) is 0 Å². The van der Waals surface area contributed by atoms with Gasteiger partial charge in [0.1, 0.15) is 46.7 Å². The minimum atomic E-state index is -4.70. The number of hydrogen-bond donors (Lipinski definition) is 1. The third-order valence-corrected chi connectivity index (χ3v) is 12.8. The zero-order valence-corrected chi connectivity index (χ0v) is 38.3. The van der Waals surface area contributed by atoms with E-state index < -0.39 is 35.1 Å². The van der Waals surface area contributed by atoms with Crippen LogP contribution >= 0.6 is 11.6 Å². The van der Waals surface area contributed by atoms with Crippen molar-refractivity contribution in [3.8, 4) is 28.7 Å². The van der Waals surface area contributed by atoms with E-state index in [0.717, 1.165) is 74.3 Å². The lowest BCUT2D eigenvalue weighted by Gasteiger charge is -2.47. The number of rotatable bonds is 7. The molecule has 4 aliphatic rings. The molecule has 6 heterocycles. The number of likely N-dealkylation sites (N-methyl/N-ethyl adjacent to an activating group) is 2. The number of aromatic nitrogens is 8. The van der Waals surface area contributed by atoms with E-state index in [2.05, 4.69) is 34.8 Å². The van der Waals surface area contributed by atoms with Crippen LogP contribution in [0.25, 0.3) is 28.7 Å². The molecule has 2 aliphatic carbocycles. The molecule has 2 aromatic carbocycles. The number of anilines is 4. The van der Waals surface area contributed by atoms with E-state index in [1.165, 1.54) is 42.0 Å². The zero-order valence-electron chi connectivity index (χ0n) is 37.5. The maximum atomic E-state index is 14.0. The highest BCUT2D eigenvalue weighted by Gasteiger charge is 2.44. The fourth-order valence-corrected chi connectivity index (χ4v) is 8.82. The molecule has 1 N–H and O–H groups in total. The van der Waals surface area contributed by atoms with Gasteiger partial charge in [0, 0.05) is 62.1 Å². The number of H-pyrrole nitrogens is 1. The molecule has 23 heteroatoms. The van der Waals surface area contributed by atoms with Gasteiger partial charge in [-0.25, -0.2) is 28.7 Å². The molecule has 0 radical (unpaired) electrons. The fraction of sp³-hybridized carbons (Fsp3) is 0.391. The summed E-state index contributed by atoms with van der Waals surface area (Å²) >= 11 is 5.93. The van der Waals surface area contributed by atoms with Gasteiger partial charge in [-0.2, -0.15) is 36.3 Å². The minimum Gasteiger partial charge on any atom is -0.345 e. The van der Waals surface area contributed by atoms with E-state index in [1.807, 2.05) is 18.7 Å². The Morgan fingerprint density at radius 3 is 1.65 bits per heavy atom. The summed E-state index contributed by atoms with van der Waals surface area (Å²) < 4.78 is 105. The van der Waals surface area contributed by atoms with Crippen LogP contribution < -0.4 is 19.6 Å². The molecular formula is C46H45ClF8N12O2. The number of fused-ring (bicyclic) bond motifs is 2. The van der Waals surface area contributed by atoms with Crippen molar-refractivity contribution < 1.29 is 44.7 Å². The van der Waals surface area contributed by atoms with E-state index in [4.69, 9.17) is 16.6 Å². The van der Waals surface area contributed by atoms with Gasteiger partial charge in [-0.1, -0.05) is 13.8 Å². The molecule has 2 fully saturated rings. The first-order chi connectivity index (χ1) is 32.8.